The van der Waals surface area contributed by atoms with E-state index in [1.54, 1.807) is 6.33 Å². The Morgan fingerprint density at radius 1 is 1.29 bits per heavy atom. The standard InChI is InChI=1S/C16H24N4O/c1-4-16(5-2,11-21)10-17-14-8-6-7-13(9-14)15-19-18-12-20(15)3/h6-9,12,17,21H,4-5,10-11H2,1-3H3. The molecule has 1 heterocycles. The minimum absolute atomic E-state index is 0.0548. The van der Waals surface area contributed by atoms with E-state index in [-0.39, 0.29) is 12.0 Å². The normalized spacial score (nSPS) is 11.6. The molecule has 1 aromatic heterocycles. The Kier molecular flexibility index (Phi) is 4.96. The second kappa shape index (κ2) is 6.72. The van der Waals surface area contributed by atoms with Gasteiger partial charge in [0.05, 0.1) is 6.61 Å². The zero-order valence-corrected chi connectivity index (χ0v) is 13.0. The maximum atomic E-state index is 9.63. The third-order valence-corrected chi connectivity index (χ3v) is 4.34. The quantitative estimate of drug-likeness (QED) is 0.822. The van der Waals surface area contributed by atoms with Crippen LogP contribution in [0, 0.1) is 5.41 Å². The summed E-state index contributed by atoms with van der Waals surface area (Å²) in [5, 5.41) is 21.1. The van der Waals surface area contributed by atoms with Crippen LogP contribution in [0.5, 0.6) is 0 Å². The van der Waals surface area contributed by atoms with Crippen molar-refractivity contribution in [3.05, 3.63) is 30.6 Å². The number of hydrogen-bond acceptors (Lipinski definition) is 4. The third kappa shape index (κ3) is 3.42. The van der Waals surface area contributed by atoms with Crippen molar-refractivity contribution in [2.24, 2.45) is 12.5 Å². The lowest BCUT2D eigenvalue weighted by Crippen LogP contribution is -2.32. The van der Waals surface area contributed by atoms with Crippen molar-refractivity contribution in [1.29, 1.82) is 0 Å². The molecule has 2 aromatic rings. The number of rotatable bonds is 7. The number of aryl methyl sites for hydroxylation is 1. The average molecular weight is 288 g/mol. The van der Waals surface area contributed by atoms with Crippen LogP contribution in [-0.4, -0.2) is 33.0 Å². The van der Waals surface area contributed by atoms with Crippen molar-refractivity contribution in [1.82, 2.24) is 14.8 Å². The number of nitrogens with zero attached hydrogens (tertiary/aromatic N) is 3. The minimum Gasteiger partial charge on any atom is -0.396 e. The Balaban J connectivity index is 2.14. The molecule has 21 heavy (non-hydrogen) atoms. The van der Waals surface area contributed by atoms with Crippen molar-refractivity contribution in [2.45, 2.75) is 26.7 Å². The first kappa shape index (κ1) is 15.5. The molecule has 5 heteroatoms. The lowest BCUT2D eigenvalue weighted by molar-refractivity contribution is 0.127. The number of hydrogen-bond donors (Lipinski definition) is 2. The van der Waals surface area contributed by atoms with Gasteiger partial charge >= 0.3 is 0 Å². The third-order valence-electron chi connectivity index (χ3n) is 4.34. The van der Waals surface area contributed by atoms with Crippen molar-refractivity contribution < 1.29 is 5.11 Å². The van der Waals surface area contributed by atoms with Gasteiger partial charge in [-0.1, -0.05) is 26.0 Å². The van der Waals surface area contributed by atoms with Gasteiger partial charge in [0.1, 0.15) is 6.33 Å². The molecule has 0 radical (unpaired) electrons. The molecule has 2 rings (SSSR count). The topological polar surface area (TPSA) is 63.0 Å². The van der Waals surface area contributed by atoms with Crippen LogP contribution in [0.2, 0.25) is 0 Å². The Labute approximate surface area is 126 Å². The molecule has 0 bridgehead atoms. The summed E-state index contributed by atoms with van der Waals surface area (Å²) in [4.78, 5) is 0. The molecule has 0 atom stereocenters. The highest BCUT2D eigenvalue weighted by Gasteiger charge is 2.24. The highest BCUT2D eigenvalue weighted by atomic mass is 16.3. The molecule has 0 saturated heterocycles. The summed E-state index contributed by atoms with van der Waals surface area (Å²) in [5.74, 6) is 0.845. The number of nitrogens with one attached hydrogen (secondary N) is 1. The molecule has 0 unspecified atom stereocenters. The predicted octanol–water partition coefficient (Wildman–Crippen LogP) is 2.69. The van der Waals surface area contributed by atoms with Gasteiger partial charge in [-0.05, 0) is 25.0 Å². The Hall–Kier alpha value is -1.88. The molecule has 2 N–H and O–H groups in total. The molecule has 0 fully saturated rings. The van der Waals surface area contributed by atoms with E-state index >= 15 is 0 Å². The predicted molar refractivity (Wildman–Crippen MR) is 85.0 cm³/mol. The molecule has 114 valence electrons. The van der Waals surface area contributed by atoms with Crippen LogP contribution in [0.1, 0.15) is 26.7 Å². The SMILES string of the molecule is CCC(CC)(CO)CNc1cccc(-c2nncn2C)c1. The van der Waals surface area contributed by atoms with Gasteiger partial charge in [0.15, 0.2) is 5.82 Å². The number of aromatic nitrogens is 3. The highest BCUT2D eigenvalue weighted by molar-refractivity contribution is 5.62. The fraction of sp³-hybridized carbons (Fsp3) is 0.500. The number of aliphatic hydroxyl groups excluding tert-OH is 1. The highest BCUT2D eigenvalue weighted by Crippen LogP contribution is 2.27. The van der Waals surface area contributed by atoms with E-state index in [1.807, 2.05) is 29.8 Å². The molecule has 0 aliphatic rings. The lowest BCUT2D eigenvalue weighted by Gasteiger charge is -2.30. The van der Waals surface area contributed by atoms with Gasteiger partial charge in [-0.2, -0.15) is 0 Å². The van der Waals surface area contributed by atoms with E-state index in [1.165, 1.54) is 0 Å². The molecular formula is C16H24N4O. The Morgan fingerprint density at radius 3 is 2.62 bits per heavy atom. The van der Waals surface area contributed by atoms with Gasteiger partial charge in [-0.25, -0.2) is 0 Å². The van der Waals surface area contributed by atoms with Gasteiger partial charge < -0.3 is 15.0 Å². The van der Waals surface area contributed by atoms with E-state index < -0.39 is 0 Å². The maximum Gasteiger partial charge on any atom is 0.163 e. The monoisotopic (exact) mass is 288 g/mol. The second-order valence-corrected chi connectivity index (χ2v) is 5.57. The number of anilines is 1. The van der Waals surface area contributed by atoms with Gasteiger partial charge in [-0.15, -0.1) is 10.2 Å². The van der Waals surface area contributed by atoms with Crippen LogP contribution in [0.4, 0.5) is 5.69 Å². The Morgan fingerprint density at radius 2 is 2.05 bits per heavy atom. The van der Waals surface area contributed by atoms with Crippen molar-refractivity contribution in [3.8, 4) is 11.4 Å². The summed E-state index contributed by atoms with van der Waals surface area (Å²) >= 11 is 0. The summed E-state index contributed by atoms with van der Waals surface area (Å²) < 4.78 is 1.90. The molecule has 0 spiro atoms. The van der Waals surface area contributed by atoms with Crippen molar-refractivity contribution in [3.63, 3.8) is 0 Å². The summed E-state index contributed by atoms with van der Waals surface area (Å²) in [5.41, 5.74) is 2.01. The molecule has 1 aromatic carbocycles. The van der Waals surface area contributed by atoms with Crippen LogP contribution in [0.3, 0.4) is 0 Å². The van der Waals surface area contributed by atoms with Crippen LogP contribution in [0.25, 0.3) is 11.4 Å². The van der Waals surface area contributed by atoms with Crippen LogP contribution in [-0.2, 0) is 7.05 Å². The van der Waals surface area contributed by atoms with Gasteiger partial charge in [-0.3, -0.25) is 0 Å². The molecule has 0 aliphatic heterocycles. The van der Waals surface area contributed by atoms with E-state index in [0.29, 0.717) is 0 Å². The first-order valence-electron chi connectivity index (χ1n) is 7.43. The fourth-order valence-corrected chi connectivity index (χ4v) is 2.38. The lowest BCUT2D eigenvalue weighted by atomic mass is 9.83. The molecular weight excluding hydrogens is 264 g/mol. The smallest absolute Gasteiger partial charge is 0.163 e. The average Bonchev–Trinajstić information content (AvgIpc) is 2.96. The first-order chi connectivity index (χ1) is 10.1. The number of benzene rings is 1. The minimum atomic E-state index is -0.0548. The van der Waals surface area contributed by atoms with E-state index in [4.69, 9.17) is 0 Å². The van der Waals surface area contributed by atoms with Gasteiger partial charge in [0, 0.05) is 30.3 Å². The van der Waals surface area contributed by atoms with Gasteiger partial charge in [0.2, 0.25) is 0 Å². The van der Waals surface area contributed by atoms with E-state index in [9.17, 15) is 5.11 Å². The fourth-order valence-electron chi connectivity index (χ4n) is 2.38. The zero-order chi connectivity index (χ0) is 15.3. The largest absolute Gasteiger partial charge is 0.396 e. The second-order valence-electron chi connectivity index (χ2n) is 5.57. The van der Waals surface area contributed by atoms with Crippen LogP contribution in [0.15, 0.2) is 30.6 Å². The maximum absolute atomic E-state index is 9.63. The van der Waals surface area contributed by atoms with Crippen molar-refractivity contribution in [2.75, 3.05) is 18.5 Å². The molecule has 5 nitrogen and oxygen atoms in total. The first-order valence-corrected chi connectivity index (χ1v) is 7.43. The summed E-state index contributed by atoms with van der Waals surface area (Å²) in [6.45, 7) is 5.21. The summed E-state index contributed by atoms with van der Waals surface area (Å²) in [6.07, 6.45) is 3.60. The zero-order valence-electron chi connectivity index (χ0n) is 13.0. The van der Waals surface area contributed by atoms with Crippen LogP contribution < -0.4 is 5.32 Å². The molecule has 0 saturated carbocycles. The van der Waals surface area contributed by atoms with Crippen LogP contribution >= 0.6 is 0 Å². The Bertz CT molecular complexity index is 567. The summed E-state index contributed by atoms with van der Waals surface area (Å²) in [6, 6.07) is 8.13. The number of aliphatic hydroxyl groups is 1. The molecule has 0 amide bonds. The van der Waals surface area contributed by atoms with Gasteiger partial charge in [0.25, 0.3) is 0 Å². The van der Waals surface area contributed by atoms with E-state index in [0.717, 1.165) is 36.5 Å². The molecule has 0 aliphatic carbocycles. The van der Waals surface area contributed by atoms with Crippen molar-refractivity contribution >= 4 is 5.69 Å². The van der Waals surface area contributed by atoms with E-state index in [2.05, 4.69) is 35.4 Å². The summed E-state index contributed by atoms with van der Waals surface area (Å²) in [7, 11) is 1.93.